The number of unbranched alkanes of at least 4 members (excludes halogenated alkanes) is 5. The van der Waals surface area contributed by atoms with Crippen molar-refractivity contribution >= 4 is 21.7 Å². The molecule has 0 amide bonds. The number of rotatable bonds is 9. The minimum absolute atomic E-state index is 0.0682. The summed E-state index contributed by atoms with van der Waals surface area (Å²) in [6.45, 7) is 2.62. The van der Waals surface area contributed by atoms with Crippen LogP contribution >= 0.6 is 15.9 Å². The van der Waals surface area contributed by atoms with E-state index >= 15 is 0 Å². The van der Waals surface area contributed by atoms with E-state index in [9.17, 15) is 20.0 Å². The molecule has 142 valence electrons. The van der Waals surface area contributed by atoms with E-state index in [-0.39, 0.29) is 28.0 Å². The van der Waals surface area contributed by atoms with Crippen molar-refractivity contribution in [3.8, 4) is 11.8 Å². The summed E-state index contributed by atoms with van der Waals surface area (Å²) in [5, 5.41) is 19.2. The third-order valence-electron chi connectivity index (χ3n) is 4.42. The molecule has 0 saturated heterocycles. The van der Waals surface area contributed by atoms with Crippen LogP contribution in [0.2, 0.25) is 0 Å². The van der Waals surface area contributed by atoms with E-state index in [0.717, 1.165) is 19.3 Å². The molecule has 0 atom stereocenters. The van der Waals surface area contributed by atoms with Gasteiger partial charge in [-0.3, -0.25) is 9.59 Å². The number of hydrogen-bond donors (Lipinski definition) is 1. The Balaban J connectivity index is 2.25. The highest BCUT2D eigenvalue weighted by Crippen LogP contribution is 2.24. The van der Waals surface area contributed by atoms with E-state index in [1.165, 1.54) is 48.2 Å². The monoisotopic (exact) mass is 430 g/mol. The van der Waals surface area contributed by atoms with Gasteiger partial charge in [-0.1, -0.05) is 55.0 Å². The van der Waals surface area contributed by atoms with E-state index in [0.29, 0.717) is 11.0 Å². The van der Waals surface area contributed by atoms with E-state index < -0.39 is 5.78 Å². The number of phenols is 1. The van der Waals surface area contributed by atoms with Crippen LogP contribution in [0.5, 0.6) is 5.75 Å². The van der Waals surface area contributed by atoms with Crippen molar-refractivity contribution in [2.45, 2.75) is 52.0 Å². The molecule has 1 N–H and O–H groups in total. The topological polar surface area (TPSA) is 83.1 Å². The molecule has 0 spiro atoms. The Bertz CT molecular complexity index is 913. The molecule has 1 aromatic carbocycles. The highest BCUT2D eigenvalue weighted by atomic mass is 79.9. The van der Waals surface area contributed by atoms with Gasteiger partial charge in [-0.2, -0.15) is 5.26 Å². The molecule has 2 aromatic rings. The number of phenolic OH excluding ortho intramolecular Hbond substituents is 1. The summed E-state index contributed by atoms with van der Waals surface area (Å²) < 4.78 is 2.09. The molecule has 0 unspecified atom stereocenters. The van der Waals surface area contributed by atoms with Crippen molar-refractivity contribution in [3.05, 3.63) is 62.0 Å². The van der Waals surface area contributed by atoms with Gasteiger partial charge in [-0.25, -0.2) is 0 Å². The molecule has 0 aliphatic heterocycles. The summed E-state index contributed by atoms with van der Waals surface area (Å²) in [5.74, 6) is -0.572. The molecule has 0 radical (unpaired) electrons. The average Bonchev–Trinajstić information content (AvgIpc) is 2.67. The Hall–Kier alpha value is -2.39. The van der Waals surface area contributed by atoms with Crippen LogP contribution in [0.4, 0.5) is 0 Å². The number of ketones is 1. The Kier molecular flexibility index (Phi) is 7.81. The van der Waals surface area contributed by atoms with Crippen LogP contribution in [-0.2, 0) is 6.54 Å². The van der Waals surface area contributed by atoms with Gasteiger partial charge in [-0.05, 0) is 30.7 Å². The Morgan fingerprint density at radius 2 is 1.89 bits per heavy atom. The quantitative estimate of drug-likeness (QED) is 0.458. The number of aromatic nitrogens is 1. The lowest BCUT2D eigenvalue weighted by Crippen LogP contribution is -2.24. The van der Waals surface area contributed by atoms with E-state index in [4.69, 9.17) is 0 Å². The van der Waals surface area contributed by atoms with Gasteiger partial charge >= 0.3 is 0 Å². The number of nitrogens with zero attached hydrogens (tertiary/aromatic N) is 2. The smallest absolute Gasteiger partial charge is 0.268 e. The van der Waals surface area contributed by atoms with Gasteiger partial charge < -0.3 is 9.67 Å². The first-order valence-electron chi connectivity index (χ1n) is 9.15. The van der Waals surface area contributed by atoms with Crippen molar-refractivity contribution in [2.75, 3.05) is 0 Å². The second-order valence-electron chi connectivity index (χ2n) is 6.51. The molecule has 0 bridgehead atoms. The Morgan fingerprint density at radius 3 is 2.59 bits per heavy atom. The van der Waals surface area contributed by atoms with Gasteiger partial charge in [0.2, 0.25) is 0 Å². The number of aromatic hydroxyl groups is 1. The third kappa shape index (κ3) is 5.54. The highest BCUT2D eigenvalue weighted by molar-refractivity contribution is 9.10. The average molecular weight is 431 g/mol. The fourth-order valence-electron chi connectivity index (χ4n) is 2.91. The highest BCUT2D eigenvalue weighted by Gasteiger charge is 2.17. The van der Waals surface area contributed by atoms with Crippen molar-refractivity contribution in [1.82, 2.24) is 4.57 Å². The zero-order chi connectivity index (χ0) is 19.8. The second kappa shape index (κ2) is 10.1. The summed E-state index contributed by atoms with van der Waals surface area (Å²) in [6, 6.07) is 7.74. The molecule has 5 nitrogen and oxygen atoms in total. The molecular formula is C21H23BrN2O3. The maximum atomic E-state index is 12.8. The molecule has 27 heavy (non-hydrogen) atoms. The van der Waals surface area contributed by atoms with Gasteiger partial charge in [0.15, 0.2) is 5.78 Å². The minimum atomic E-state index is -0.429. The number of hydrogen-bond acceptors (Lipinski definition) is 4. The lowest BCUT2D eigenvalue weighted by Gasteiger charge is -2.10. The van der Waals surface area contributed by atoms with Gasteiger partial charge in [-0.15, -0.1) is 0 Å². The van der Waals surface area contributed by atoms with E-state index in [2.05, 4.69) is 22.9 Å². The summed E-state index contributed by atoms with van der Waals surface area (Å²) >= 11 is 3.28. The third-order valence-corrected chi connectivity index (χ3v) is 4.92. The first-order chi connectivity index (χ1) is 13.0. The number of aryl methyl sites for hydroxylation is 1. The van der Waals surface area contributed by atoms with Crippen LogP contribution in [-0.4, -0.2) is 15.5 Å². The molecule has 0 fully saturated rings. The standard InChI is InChI=1S/C21H23BrN2O3/c1-2-3-4-5-6-7-10-24-14-16(11-15(13-23)21(24)27)20(26)18-12-17(22)8-9-19(18)25/h8-9,11-12,14,25H,2-7,10H2,1H3. The lowest BCUT2D eigenvalue weighted by atomic mass is 10.0. The Labute approximate surface area is 167 Å². The predicted molar refractivity (Wildman–Crippen MR) is 108 cm³/mol. The number of carbonyl (C=O) groups is 1. The first kappa shape index (κ1) is 20.9. The minimum Gasteiger partial charge on any atom is -0.507 e. The lowest BCUT2D eigenvalue weighted by molar-refractivity contribution is 0.103. The molecule has 0 aliphatic rings. The van der Waals surface area contributed by atoms with Crippen LogP contribution < -0.4 is 5.56 Å². The molecule has 1 aromatic heterocycles. The normalized spacial score (nSPS) is 10.6. The number of pyridine rings is 1. The van der Waals surface area contributed by atoms with Gasteiger partial charge in [0.05, 0.1) is 5.56 Å². The van der Waals surface area contributed by atoms with Crippen LogP contribution in [0, 0.1) is 11.3 Å². The van der Waals surface area contributed by atoms with Crippen molar-refractivity contribution in [3.63, 3.8) is 0 Å². The summed E-state index contributed by atoms with van der Waals surface area (Å²) in [6.07, 6.45) is 7.97. The largest absolute Gasteiger partial charge is 0.507 e. The fraction of sp³-hybridized carbons (Fsp3) is 0.381. The number of benzene rings is 1. The van der Waals surface area contributed by atoms with Crippen molar-refractivity contribution < 1.29 is 9.90 Å². The maximum Gasteiger partial charge on any atom is 0.268 e. The molecule has 1 heterocycles. The number of nitriles is 1. The SMILES string of the molecule is CCCCCCCCn1cc(C(=O)c2cc(Br)ccc2O)cc(C#N)c1=O. The van der Waals surface area contributed by atoms with E-state index in [1.54, 1.807) is 6.07 Å². The Morgan fingerprint density at radius 1 is 1.19 bits per heavy atom. The van der Waals surface area contributed by atoms with Gasteiger partial charge in [0.25, 0.3) is 5.56 Å². The van der Waals surface area contributed by atoms with Crippen LogP contribution in [0.3, 0.4) is 0 Å². The van der Waals surface area contributed by atoms with Crippen LogP contribution in [0.15, 0.2) is 39.7 Å². The summed E-state index contributed by atoms with van der Waals surface area (Å²) in [7, 11) is 0. The molecular weight excluding hydrogens is 408 g/mol. The zero-order valence-corrected chi connectivity index (χ0v) is 17.0. The van der Waals surface area contributed by atoms with Gasteiger partial charge in [0.1, 0.15) is 17.4 Å². The van der Waals surface area contributed by atoms with Crippen molar-refractivity contribution in [1.29, 1.82) is 5.26 Å². The predicted octanol–water partition coefficient (Wildman–Crippen LogP) is 4.78. The van der Waals surface area contributed by atoms with Crippen LogP contribution in [0.25, 0.3) is 0 Å². The fourth-order valence-corrected chi connectivity index (χ4v) is 3.28. The maximum absolute atomic E-state index is 12.8. The van der Waals surface area contributed by atoms with Crippen molar-refractivity contribution in [2.24, 2.45) is 0 Å². The zero-order valence-electron chi connectivity index (χ0n) is 15.4. The van der Waals surface area contributed by atoms with E-state index in [1.807, 2.05) is 6.07 Å². The molecule has 0 aliphatic carbocycles. The molecule has 2 rings (SSSR count). The molecule has 0 saturated carbocycles. The summed E-state index contributed by atoms with van der Waals surface area (Å²) in [5.41, 5.74) is -0.119. The van der Waals surface area contributed by atoms with Gasteiger partial charge in [0, 0.05) is 22.8 Å². The van der Waals surface area contributed by atoms with Crippen LogP contribution in [0.1, 0.15) is 66.9 Å². The second-order valence-corrected chi connectivity index (χ2v) is 7.43. The molecule has 6 heteroatoms. The first-order valence-corrected chi connectivity index (χ1v) is 9.95. The number of carbonyl (C=O) groups excluding carboxylic acids is 1. The summed E-state index contributed by atoms with van der Waals surface area (Å²) in [4.78, 5) is 25.2. The number of halogens is 1.